The van der Waals surface area contributed by atoms with E-state index in [2.05, 4.69) is 10.2 Å². The molecule has 0 aliphatic rings. The van der Waals surface area contributed by atoms with Gasteiger partial charge in [0.15, 0.2) is 0 Å². The minimum Gasteiger partial charge on any atom is -0.506 e. The molecule has 0 radical (unpaired) electrons. The van der Waals surface area contributed by atoms with Gasteiger partial charge in [0, 0.05) is 0 Å². The summed E-state index contributed by atoms with van der Waals surface area (Å²) in [5, 5.41) is 15.0. The molecule has 1 heterocycles. The molecule has 0 atom stereocenters. The fraction of sp³-hybridized carbons (Fsp3) is 0.222. The Balaban J connectivity index is 2.78. The number of fused-ring (bicyclic) bond motifs is 1. The van der Waals surface area contributed by atoms with Crippen LogP contribution in [0.5, 0.6) is 5.75 Å². The van der Waals surface area contributed by atoms with Gasteiger partial charge in [0.05, 0.1) is 5.39 Å². The van der Waals surface area contributed by atoms with E-state index in [0.29, 0.717) is 23.9 Å². The number of aromatic nitrogens is 2. The second-order valence-corrected chi connectivity index (χ2v) is 3.11. The maximum atomic E-state index is 11.4. The Hall–Kier alpha value is -1.75. The molecule has 0 aliphatic heterocycles. The lowest BCUT2D eigenvalue weighted by atomic mass is 10.1. The Morgan fingerprint density at radius 2 is 2.14 bits per heavy atom. The average Bonchev–Trinajstić information content (AvgIpc) is 2.55. The van der Waals surface area contributed by atoms with Crippen molar-refractivity contribution in [1.82, 2.24) is 10.2 Å². The molecule has 5 nitrogen and oxygen atoms in total. The monoisotopic (exact) mass is 193 g/mol. The van der Waals surface area contributed by atoms with E-state index < -0.39 is 0 Å². The number of phenolic OH excluding ortho intramolecular Hbond substituents is 1. The van der Waals surface area contributed by atoms with Gasteiger partial charge in [-0.15, -0.1) is 0 Å². The summed E-state index contributed by atoms with van der Waals surface area (Å²) in [5.41, 5.74) is 6.50. The molecule has 5 heteroatoms. The van der Waals surface area contributed by atoms with E-state index in [9.17, 15) is 9.90 Å². The molecule has 0 saturated heterocycles. The highest BCUT2D eigenvalue weighted by molar-refractivity contribution is 5.86. The molecular weight excluding hydrogens is 182 g/mol. The van der Waals surface area contributed by atoms with E-state index in [1.54, 1.807) is 12.1 Å². The Morgan fingerprint density at radius 3 is 2.86 bits per heavy atom. The van der Waals surface area contributed by atoms with E-state index in [1.807, 2.05) is 0 Å². The van der Waals surface area contributed by atoms with Gasteiger partial charge in [0.2, 0.25) is 0 Å². The summed E-state index contributed by atoms with van der Waals surface area (Å²) in [6.07, 6.45) is 0.623. The predicted molar refractivity (Wildman–Crippen MR) is 53.3 cm³/mol. The van der Waals surface area contributed by atoms with Gasteiger partial charge in [0.25, 0.3) is 5.56 Å². The van der Waals surface area contributed by atoms with Crippen LogP contribution in [0.15, 0.2) is 16.9 Å². The van der Waals surface area contributed by atoms with E-state index >= 15 is 0 Å². The van der Waals surface area contributed by atoms with Gasteiger partial charge < -0.3 is 10.8 Å². The number of hydrogen-bond acceptors (Lipinski definition) is 3. The molecule has 1 aromatic heterocycles. The van der Waals surface area contributed by atoms with Crippen LogP contribution in [0.3, 0.4) is 0 Å². The van der Waals surface area contributed by atoms with Crippen LogP contribution in [0, 0.1) is 0 Å². The summed E-state index contributed by atoms with van der Waals surface area (Å²) < 4.78 is 0. The highest BCUT2D eigenvalue weighted by Gasteiger charge is 2.09. The van der Waals surface area contributed by atoms with Crippen LogP contribution in [-0.2, 0) is 6.42 Å². The summed E-state index contributed by atoms with van der Waals surface area (Å²) in [6, 6.07) is 3.27. The smallest absolute Gasteiger partial charge is 0.272 e. The van der Waals surface area contributed by atoms with Crippen molar-refractivity contribution in [3.05, 3.63) is 28.0 Å². The van der Waals surface area contributed by atoms with E-state index in [0.717, 1.165) is 5.56 Å². The van der Waals surface area contributed by atoms with Crippen molar-refractivity contribution in [2.45, 2.75) is 6.42 Å². The first-order valence-electron chi connectivity index (χ1n) is 4.35. The van der Waals surface area contributed by atoms with Gasteiger partial charge in [0.1, 0.15) is 11.3 Å². The van der Waals surface area contributed by atoms with Crippen molar-refractivity contribution in [1.29, 1.82) is 0 Å². The highest BCUT2D eigenvalue weighted by Crippen LogP contribution is 2.22. The predicted octanol–water partition coefficient (Wildman–Crippen LogP) is 0.0630. The molecule has 14 heavy (non-hydrogen) atoms. The molecule has 0 unspecified atom stereocenters. The third-order valence-electron chi connectivity index (χ3n) is 2.21. The van der Waals surface area contributed by atoms with Crippen LogP contribution in [0.2, 0.25) is 0 Å². The van der Waals surface area contributed by atoms with Gasteiger partial charge in [-0.05, 0) is 24.6 Å². The largest absolute Gasteiger partial charge is 0.506 e. The molecule has 0 saturated carbocycles. The van der Waals surface area contributed by atoms with Crippen molar-refractivity contribution in [3.8, 4) is 5.75 Å². The van der Waals surface area contributed by atoms with Crippen LogP contribution in [0.1, 0.15) is 5.56 Å². The standard InChI is InChI=1S/C9H11N3O2/c10-4-3-5-1-2-6(13)8-7(5)9(14)12-11-8/h1-2,13H,3-4,10H2,(H2,11,12,14). The Labute approximate surface area is 79.5 Å². The Morgan fingerprint density at radius 1 is 1.36 bits per heavy atom. The maximum absolute atomic E-state index is 11.4. The average molecular weight is 193 g/mol. The number of aromatic amines is 2. The maximum Gasteiger partial charge on any atom is 0.272 e. The molecule has 2 rings (SSSR count). The van der Waals surface area contributed by atoms with Gasteiger partial charge in [-0.1, -0.05) is 6.07 Å². The topological polar surface area (TPSA) is 94.9 Å². The molecule has 1 aromatic carbocycles. The lowest BCUT2D eigenvalue weighted by Gasteiger charge is -2.00. The third-order valence-corrected chi connectivity index (χ3v) is 2.21. The molecule has 74 valence electrons. The molecule has 0 amide bonds. The zero-order valence-corrected chi connectivity index (χ0v) is 7.50. The number of rotatable bonds is 2. The van der Waals surface area contributed by atoms with Crippen LogP contribution in [0.25, 0.3) is 10.9 Å². The van der Waals surface area contributed by atoms with E-state index in [4.69, 9.17) is 5.73 Å². The first-order valence-corrected chi connectivity index (χ1v) is 4.35. The van der Waals surface area contributed by atoms with E-state index in [1.165, 1.54) is 0 Å². The van der Waals surface area contributed by atoms with Gasteiger partial charge >= 0.3 is 0 Å². The lowest BCUT2D eigenvalue weighted by molar-refractivity contribution is 0.480. The third kappa shape index (κ3) is 1.18. The second kappa shape index (κ2) is 3.19. The second-order valence-electron chi connectivity index (χ2n) is 3.11. The summed E-state index contributed by atoms with van der Waals surface area (Å²) in [7, 11) is 0. The summed E-state index contributed by atoms with van der Waals surface area (Å²) in [6.45, 7) is 0.477. The molecule has 0 spiro atoms. The summed E-state index contributed by atoms with van der Waals surface area (Å²) >= 11 is 0. The van der Waals surface area contributed by atoms with Crippen LogP contribution in [0.4, 0.5) is 0 Å². The molecular formula is C9H11N3O2. The number of benzene rings is 1. The van der Waals surface area contributed by atoms with Crippen molar-refractivity contribution in [3.63, 3.8) is 0 Å². The van der Waals surface area contributed by atoms with E-state index in [-0.39, 0.29) is 11.3 Å². The number of nitrogens with two attached hydrogens (primary N) is 1. The molecule has 0 fully saturated rings. The summed E-state index contributed by atoms with van der Waals surface area (Å²) in [5.74, 6) is 0.0686. The first-order chi connectivity index (χ1) is 6.74. The fourth-order valence-electron chi connectivity index (χ4n) is 1.57. The molecule has 2 aromatic rings. The minimum absolute atomic E-state index is 0.0686. The van der Waals surface area contributed by atoms with Crippen LogP contribution < -0.4 is 11.3 Å². The highest BCUT2D eigenvalue weighted by atomic mass is 16.3. The zero-order valence-electron chi connectivity index (χ0n) is 7.50. The van der Waals surface area contributed by atoms with Crippen molar-refractivity contribution in [2.24, 2.45) is 5.73 Å². The number of H-pyrrole nitrogens is 2. The van der Waals surface area contributed by atoms with Crippen molar-refractivity contribution < 1.29 is 5.11 Å². The normalized spacial score (nSPS) is 10.9. The lowest BCUT2D eigenvalue weighted by Crippen LogP contribution is -2.06. The minimum atomic E-state index is -0.223. The van der Waals surface area contributed by atoms with Crippen molar-refractivity contribution >= 4 is 10.9 Å². The molecule has 0 aliphatic carbocycles. The number of nitrogens with one attached hydrogen (secondary N) is 2. The van der Waals surface area contributed by atoms with Gasteiger partial charge in [-0.25, -0.2) is 0 Å². The Bertz CT molecular complexity index is 512. The van der Waals surface area contributed by atoms with Crippen molar-refractivity contribution in [2.75, 3.05) is 6.54 Å². The number of phenols is 1. The summed E-state index contributed by atoms with van der Waals surface area (Å²) in [4.78, 5) is 11.4. The number of hydrogen-bond donors (Lipinski definition) is 4. The van der Waals surface area contributed by atoms with Crippen LogP contribution in [-0.4, -0.2) is 21.8 Å². The quantitative estimate of drug-likeness (QED) is 0.543. The molecule has 0 bridgehead atoms. The Kier molecular flexibility index (Phi) is 2.01. The van der Waals surface area contributed by atoms with Gasteiger partial charge in [-0.2, -0.15) is 0 Å². The SMILES string of the molecule is NCCc1ccc(O)c2[nH][nH]c(=O)c12. The zero-order chi connectivity index (χ0) is 10.1. The first kappa shape index (κ1) is 8.83. The number of aromatic hydroxyl groups is 1. The van der Waals surface area contributed by atoms with Crippen LogP contribution >= 0.6 is 0 Å². The fourth-order valence-corrected chi connectivity index (χ4v) is 1.57. The molecule has 5 N–H and O–H groups in total. The van der Waals surface area contributed by atoms with Gasteiger partial charge in [-0.3, -0.25) is 15.0 Å².